The molecule has 1 atom stereocenters. The van der Waals surface area contributed by atoms with Crippen molar-refractivity contribution in [3.8, 4) is 0 Å². The SMILES string of the molecule is CCOCC(C)(NC)c1nc(CC)c(C)s1. The van der Waals surface area contributed by atoms with E-state index in [0.717, 1.165) is 18.0 Å². The van der Waals surface area contributed by atoms with E-state index >= 15 is 0 Å². The number of likely N-dealkylation sites (N-methyl/N-ethyl adjacent to an activating group) is 1. The van der Waals surface area contributed by atoms with Gasteiger partial charge >= 0.3 is 0 Å². The number of nitrogens with zero attached hydrogens (tertiary/aromatic N) is 1. The van der Waals surface area contributed by atoms with E-state index in [0.29, 0.717) is 6.61 Å². The Kier molecular flexibility index (Phi) is 4.89. The third kappa shape index (κ3) is 2.81. The molecule has 0 saturated heterocycles. The minimum Gasteiger partial charge on any atom is -0.379 e. The number of hydrogen-bond acceptors (Lipinski definition) is 4. The second kappa shape index (κ2) is 5.75. The topological polar surface area (TPSA) is 34.1 Å². The Hall–Kier alpha value is -0.450. The molecule has 0 aliphatic heterocycles. The first-order valence-corrected chi connectivity index (χ1v) is 6.62. The first kappa shape index (κ1) is 13.6. The van der Waals surface area contributed by atoms with Crippen LogP contribution < -0.4 is 5.32 Å². The molecule has 0 amide bonds. The zero-order chi connectivity index (χ0) is 12.2. The number of hydrogen-bond donors (Lipinski definition) is 1. The van der Waals surface area contributed by atoms with Crippen molar-refractivity contribution >= 4 is 11.3 Å². The molecule has 1 N–H and O–H groups in total. The highest BCUT2D eigenvalue weighted by atomic mass is 32.1. The van der Waals surface area contributed by atoms with Crippen molar-refractivity contribution in [2.45, 2.75) is 39.7 Å². The molecule has 1 rings (SSSR count). The zero-order valence-electron chi connectivity index (χ0n) is 10.9. The number of ether oxygens (including phenoxy) is 1. The molecule has 0 aromatic carbocycles. The van der Waals surface area contributed by atoms with Crippen molar-refractivity contribution in [1.29, 1.82) is 0 Å². The lowest BCUT2D eigenvalue weighted by atomic mass is 10.1. The lowest BCUT2D eigenvalue weighted by Crippen LogP contribution is -2.41. The second-order valence-electron chi connectivity index (χ2n) is 4.09. The van der Waals surface area contributed by atoms with Gasteiger partial charge in [0.15, 0.2) is 0 Å². The Labute approximate surface area is 102 Å². The van der Waals surface area contributed by atoms with Crippen LogP contribution in [0.2, 0.25) is 0 Å². The monoisotopic (exact) mass is 242 g/mol. The summed E-state index contributed by atoms with van der Waals surface area (Å²) in [6.45, 7) is 9.83. The Morgan fingerprint density at radius 3 is 2.56 bits per heavy atom. The molecule has 0 saturated carbocycles. The van der Waals surface area contributed by atoms with E-state index < -0.39 is 0 Å². The van der Waals surface area contributed by atoms with Crippen LogP contribution in [-0.2, 0) is 16.7 Å². The summed E-state index contributed by atoms with van der Waals surface area (Å²) >= 11 is 1.77. The van der Waals surface area contributed by atoms with Gasteiger partial charge in [-0.25, -0.2) is 4.98 Å². The van der Waals surface area contributed by atoms with Crippen molar-refractivity contribution in [2.75, 3.05) is 20.3 Å². The predicted molar refractivity (Wildman–Crippen MR) is 69.1 cm³/mol. The van der Waals surface area contributed by atoms with Crippen molar-refractivity contribution in [3.05, 3.63) is 15.6 Å². The molecule has 0 spiro atoms. The Morgan fingerprint density at radius 1 is 1.44 bits per heavy atom. The summed E-state index contributed by atoms with van der Waals surface area (Å²) in [5.41, 5.74) is 1.04. The molecule has 1 unspecified atom stereocenters. The quantitative estimate of drug-likeness (QED) is 0.832. The standard InChI is InChI=1S/C12H22N2OS/c1-6-10-9(3)16-11(14-10)12(4,13-5)8-15-7-2/h13H,6-8H2,1-5H3. The first-order valence-electron chi connectivity index (χ1n) is 5.80. The van der Waals surface area contributed by atoms with Crippen LogP contribution in [0.3, 0.4) is 0 Å². The number of thiazole rings is 1. The van der Waals surface area contributed by atoms with Gasteiger partial charge in [-0.1, -0.05) is 6.92 Å². The summed E-state index contributed by atoms with van der Waals surface area (Å²) in [5.74, 6) is 0. The molecule has 4 heteroatoms. The first-order chi connectivity index (χ1) is 7.57. The largest absolute Gasteiger partial charge is 0.379 e. The molecule has 0 radical (unpaired) electrons. The fourth-order valence-electron chi connectivity index (χ4n) is 1.54. The van der Waals surface area contributed by atoms with Crippen LogP contribution in [0, 0.1) is 6.92 Å². The molecule has 0 bridgehead atoms. The van der Waals surface area contributed by atoms with Crippen molar-refractivity contribution < 1.29 is 4.74 Å². The van der Waals surface area contributed by atoms with Crippen LogP contribution in [0.25, 0.3) is 0 Å². The number of rotatable bonds is 6. The van der Waals surface area contributed by atoms with E-state index in [-0.39, 0.29) is 5.54 Å². The second-order valence-corrected chi connectivity index (χ2v) is 5.30. The van der Waals surface area contributed by atoms with Gasteiger partial charge < -0.3 is 10.1 Å². The van der Waals surface area contributed by atoms with E-state index in [4.69, 9.17) is 9.72 Å². The molecule has 3 nitrogen and oxygen atoms in total. The van der Waals surface area contributed by atoms with Crippen molar-refractivity contribution in [1.82, 2.24) is 10.3 Å². The summed E-state index contributed by atoms with van der Waals surface area (Å²) in [4.78, 5) is 6.02. The molecule has 1 heterocycles. The molecular formula is C12H22N2OS. The average Bonchev–Trinajstić information content (AvgIpc) is 2.68. The normalized spacial score (nSPS) is 15.1. The van der Waals surface area contributed by atoms with Gasteiger partial charge in [0.1, 0.15) is 5.01 Å². The van der Waals surface area contributed by atoms with Crippen LogP contribution in [0.4, 0.5) is 0 Å². The fourth-order valence-corrected chi connectivity index (χ4v) is 2.68. The molecule has 0 fully saturated rings. The Bertz CT molecular complexity index is 338. The average molecular weight is 242 g/mol. The molecule has 92 valence electrons. The van der Waals surface area contributed by atoms with Gasteiger partial charge in [0.2, 0.25) is 0 Å². The van der Waals surface area contributed by atoms with Gasteiger partial charge in [0, 0.05) is 11.5 Å². The van der Waals surface area contributed by atoms with Gasteiger partial charge in [-0.3, -0.25) is 0 Å². The molecule has 1 aromatic heterocycles. The third-order valence-corrected chi connectivity index (χ3v) is 4.12. The maximum absolute atomic E-state index is 5.53. The van der Waals surface area contributed by atoms with Crippen LogP contribution in [0.5, 0.6) is 0 Å². The van der Waals surface area contributed by atoms with E-state index in [1.807, 2.05) is 14.0 Å². The minimum atomic E-state index is -0.168. The minimum absolute atomic E-state index is 0.168. The van der Waals surface area contributed by atoms with Gasteiger partial charge in [-0.15, -0.1) is 11.3 Å². The highest BCUT2D eigenvalue weighted by molar-refractivity contribution is 7.11. The Balaban J connectivity index is 2.93. The summed E-state index contributed by atoms with van der Waals surface area (Å²) in [5, 5.41) is 4.44. The fraction of sp³-hybridized carbons (Fsp3) is 0.750. The van der Waals surface area contributed by atoms with E-state index in [9.17, 15) is 0 Å². The van der Waals surface area contributed by atoms with Gasteiger partial charge in [0.25, 0.3) is 0 Å². The summed E-state index contributed by atoms with van der Waals surface area (Å²) < 4.78 is 5.53. The van der Waals surface area contributed by atoms with Crippen LogP contribution in [0.15, 0.2) is 0 Å². The van der Waals surface area contributed by atoms with Gasteiger partial charge in [0.05, 0.1) is 17.8 Å². The van der Waals surface area contributed by atoms with Crippen LogP contribution >= 0.6 is 11.3 Å². The third-order valence-electron chi connectivity index (χ3n) is 2.85. The summed E-state index contributed by atoms with van der Waals surface area (Å²) in [7, 11) is 1.96. The maximum Gasteiger partial charge on any atom is 0.115 e. The molecule has 1 aromatic rings. The lowest BCUT2D eigenvalue weighted by molar-refractivity contribution is 0.0868. The van der Waals surface area contributed by atoms with E-state index in [1.165, 1.54) is 10.6 Å². The van der Waals surface area contributed by atoms with Crippen molar-refractivity contribution in [3.63, 3.8) is 0 Å². The van der Waals surface area contributed by atoms with Crippen LogP contribution in [0.1, 0.15) is 36.3 Å². The molecule has 0 aliphatic carbocycles. The maximum atomic E-state index is 5.53. The molecule has 0 aliphatic rings. The Morgan fingerprint density at radius 2 is 2.12 bits per heavy atom. The zero-order valence-corrected chi connectivity index (χ0v) is 11.7. The number of nitrogens with one attached hydrogen (secondary N) is 1. The highest BCUT2D eigenvalue weighted by Gasteiger charge is 2.29. The molecule has 16 heavy (non-hydrogen) atoms. The summed E-state index contributed by atoms with van der Waals surface area (Å²) in [6, 6.07) is 0. The predicted octanol–water partition coefficient (Wildman–Crippen LogP) is 2.49. The van der Waals surface area contributed by atoms with Crippen molar-refractivity contribution in [2.24, 2.45) is 0 Å². The summed E-state index contributed by atoms with van der Waals surface area (Å²) in [6.07, 6.45) is 0.997. The van der Waals surface area contributed by atoms with Crippen LogP contribution in [-0.4, -0.2) is 25.2 Å². The highest BCUT2D eigenvalue weighted by Crippen LogP contribution is 2.28. The number of aromatic nitrogens is 1. The van der Waals surface area contributed by atoms with Gasteiger partial charge in [-0.2, -0.15) is 0 Å². The smallest absolute Gasteiger partial charge is 0.115 e. The van der Waals surface area contributed by atoms with E-state index in [2.05, 4.69) is 26.1 Å². The lowest BCUT2D eigenvalue weighted by Gasteiger charge is -2.26. The number of aryl methyl sites for hydroxylation is 2. The van der Waals surface area contributed by atoms with Gasteiger partial charge in [-0.05, 0) is 34.2 Å². The van der Waals surface area contributed by atoms with E-state index in [1.54, 1.807) is 11.3 Å². The molecular weight excluding hydrogens is 220 g/mol.